The van der Waals surface area contributed by atoms with Crippen molar-refractivity contribution in [3.8, 4) is 6.07 Å². The Kier molecular flexibility index (Phi) is 4.70. The molecule has 1 aromatic carbocycles. The smallest absolute Gasteiger partial charge is 0.126 e. The Morgan fingerprint density at radius 2 is 1.84 bits per heavy atom. The van der Waals surface area contributed by atoms with Crippen LogP contribution in [0.5, 0.6) is 0 Å². The molecule has 104 valence electrons. The van der Waals surface area contributed by atoms with E-state index in [2.05, 4.69) is 25.2 Å². The molecule has 0 saturated carbocycles. The van der Waals surface area contributed by atoms with Crippen LogP contribution in [0.1, 0.15) is 38.8 Å². The zero-order chi connectivity index (χ0) is 14.7. The van der Waals surface area contributed by atoms with Crippen molar-refractivity contribution in [1.82, 2.24) is 5.32 Å². The fraction of sp³-hybridized carbons (Fsp3) is 0.562. The molecule has 1 aromatic rings. The summed E-state index contributed by atoms with van der Waals surface area (Å²) >= 11 is 0. The van der Waals surface area contributed by atoms with Crippen molar-refractivity contribution >= 4 is 0 Å². The van der Waals surface area contributed by atoms with Crippen molar-refractivity contribution in [2.45, 2.75) is 40.0 Å². The second kappa shape index (κ2) is 5.71. The van der Waals surface area contributed by atoms with Crippen LogP contribution in [0, 0.1) is 29.5 Å². The van der Waals surface area contributed by atoms with Gasteiger partial charge in [-0.2, -0.15) is 5.26 Å². The van der Waals surface area contributed by atoms with Gasteiger partial charge in [-0.15, -0.1) is 0 Å². The van der Waals surface area contributed by atoms with E-state index in [0.717, 1.165) is 12.1 Å². The number of hydrogen-bond acceptors (Lipinski definition) is 2. The van der Waals surface area contributed by atoms with Gasteiger partial charge in [0.25, 0.3) is 0 Å². The van der Waals surface area contributed by atoms with Gasteiger partial charge in [0, 0.05) is 18.5 Å². The van der Waals surface area contributed by atoms with Gasteiger partial charge in [0.15, 0.2) is 0 Å². The zero-order valence-electron chi connectivity index (χ0n) is 12.5. The third-order valence-corrected chi connectivity index (χ3v) is 3.38. The van der Waals surface area contributed by atoms with Gasteiger partial charge < -0.3 is 5.32 Å². The summed E-state index contributed by atoms with van der Waals surface area (Å²) < 4.78 is 13.3. The highest BCUT2D eigenvalue weighted by atomic mass is 19.1. The normalized spacial score (nSPS) is 12.3. The molecule has 0 radical (unpaired) electrons. The lowest BCUT2D eigenvalue weighted by Gasteiger charge is -2.28. The molecule has 1 N–H and O–H groups in total. The Bertz CT molecular complexity index is 484. The first-order valence-electron chi connectivity index (χ1n) is 6.56. The van der Waals surface area contributed by atoms with Gasteiger partial charge in [-0.3, -0.25) is 0 Å². The molecule has 1 rings (SSSR count). The molecule has 0 fully saturated rings. The SMILES string of the molecule is Cc1cc(C(C)(C)CNCC(C)(C)C#N)ccc1F. The van der Waals surface area contributed by atoms with E-state index >= 15 is 0 Å². The average Bonchev–Trinajstić information content (AvgIpc) is 2.32. The standard InChI is InChI=1S/C16H23FN2/c1-12-8-13(6-7-14(12)17)16(4,5)11-19-10-15(2,3)9-18/h6-8,19H,10-11H2,1-5H3. The quantitative estimate of drug-likeness (QED) is 0.880. The Labute approximate surface area is 115 Å². The number of nitrogens with one attached hydrogen (secondary N) is 1. The summed E-state index contributed by atoms with van der Waals surface area (Å²) in [6, 6.07) is 7.52. The molecule has 0 spiro atoms. The molecule has 2 nitrogen and oxygen atoms in total. The fourth-order valence-corrected chi connectivity index (χ4v) is 1.89. The van der Waals surface area contributed by atoms with Crippen LogP contribution >= 0.6 is 0 Å². The number of rotatable bonds is 5. The minimum atomic E-state index is -0.366. The van der Waals surface area contributed by atoms with E-state index in [1.165, 1.54) is 6.07 Å². The van der Waals surface area contributed by atoms with Gasteiger partial charge in [-0.25, -0.2) is 4.39 Å². The maximum atomic E-state index is 13.3. The van der Waals surface area contributed by atoms with Crippen LogP contribution < -0.4 is 5.32 Å². The number of hydrogen-bond donors (Lipinski definition) is 1. The maximum absolute atomic E-state index is 13.3. The van der Waals surface area contributed by atoms with Crippen molar-refractivity contribution in [3.05, 3.63) is 35.1 Å². The summed E-state index contributed by atoms with van der Waals surface area (Å²) in [5.74, 6) is -0.168. The predicted octanol–water partition coefficient (Wildman–Crippen LogP) is 3.55. The molecule has 19 heavy (non-hydrogen) atoms. The van der Waals surface area contributed by atoms with Gasteiger partial charge in [0.05, 0.1) is 11.5 Å². The largest absolute Gasteiger partial charge is 0.314 e. The molecule has 0 atom stereocenters. The van der Waals surface area contributed by atoms with Crippen molar-refractivity contribution in [1.29, 1.82) is 5.26 Å². The van der Waals surface area contributed by atoms with E-state index in [0.29, 0.717) is 12.1 Å². The van der Waals surface area contributed by atoms with Gasteiger partial charge in [-0.05, 0) is 38.0 Å². The topological polar surface area (TPSA) is 35.8 Å². The molecule has 3 heteroatoms. The van der Waals surface area contributed by atoms with Crippen molar-refractivity contribution in [3.63, 3.8) is 0 Å². The predicted molar refractivity (Wildman–Crippen MR) is 76.4 cm³/mol. The summed E-state index contributed by atoms with van der Waals surface area (Å²) in [4.78, 5) is 0. The molecule has 0 aliphatic carbocycles. The lowest BCUT2D eigenvalue weighted by molar-refractivity contribution is 0.397. The first-order chi connectivity index (χ1) is 8.68. The molecule has 0 amide bonds. The van der Waals surface area contributed by atoms with E-state index in [1.54, 1.807) is 6.92 Å². The minimum absolute atomic E-state index is 0.0933. The monoisotopic (exact) mass is 262 g/mol. The Balaban J connectivity index is 2.71. The zero-order valence-corrected chi connectivity index (χ0v) is 12.5. The van der Waals surface area contributed by atoms with Crippen LogP contribution in [0.4, 0.5) is 4.39 Å². The van der Waals surface area contributed by atoms with E-state index < -0.39 is 0 Å². The van der Waals surface area contributed by atoms with Crippen LogP contribution in [-0.4, -0.2) is 13.1 Å². The third-order valence-electron chi connectivity index (χ3n) is 3.38. The first-order valence-corrected chi connectivity index (χ1v) is 6.56. The Hall–Kier alpha value is -1.40. The van der Waals surface area contributed by atoms with Gasteiger partial charge >= 0.3 is 0 Å². The van der Waals surface area contributed by atoms with Crippen LogP contribution in [0.2, 0.25) is 0 Å². The van der Waals surface area contributed by atoms with Crippen LogP contribution in [-0.2, 0) is 5.41 Å². The molecule has 0 heterocycles. The Morgan fingerprint density at radius 1 is 1.21 bits per heavy atom. The van der Waals surface area contributed by atoms with E-state index in [-0.39, 0.29) is 16.6 Å². The highest BCUT2D eigenvalue weighted by molar-refractivity contribution is 5.29. The van der Waals surface area contributed by atoms with Crippen molar-refractivity contribution in [2.24, 2.45) is 5.41 Å². The number of nitriles is 1. The van der Waals surface area contributed by atoms with Crippen LogP contribution in [0.3, 0.4) is 0 Å². The summed E-state index contributed by atoms with van der Waals surface area (Å²) in [6.45, 7) is 11.2. The molecular weight excluding hydrogens is 239 g/mol. The average molecular weight is 262 g/mol. The molecule has 0 aliphatic heterocycles. The van der Waals surface area contributed by atoms with E-state index in [1.807, 2.05) is 26.0 Å². The maximum Gasteiger partial charge on any atom is 0.126 e. The van der Waals surface area contributed by atoms with Crippen LogP contribution in [0.15, 0.2) is 18.2 Å². The summed E-state index contributed by atoms with van der Waals surface area (Å²) in [5, 5.41) is 12.3. The third kappa shape index (κ3) is 4.33. The number of aryl methyl sites for hydroxylation is 1. The highest BCUT2D eigenvalue weighted by Crippen LogP contribution is 2.24. The molecule has 0 bridgehead atoms. The molecule has 0 aromatic heterocycles. The first kappa shape index (κ1) is 15.7. The van der Waals surface area contributed by atoms with E-state index in [4.69, 9.17) is 5.26 Å². The second-order valence-corrected chi connectivity index (χ2v) is 6.45. The molecule has 0 aliphatic rings. The number of benzene rings is 1. The van der Waals surface area contributed by atoms with Gasteiger partial charge in [0.1, 0.15) is 5.82 Å². The minimum Gasteiger partial charge on any atom is -0.314 e. The van der Waals surface area contributed by atoms with Crippen LogP contribution in [0.25, 0.3) is 0 Å². The lowest BCUT2D eigenvalue weighted by Crippen LogP contribution is -2.37. The van der Waals surface area contributed by atoms with Crippen molar-refractivity contribution in [2.75, 3.05) is 13.1 Å². The lowest BCUT2D eigenvalue weighted by atomic mass is 9.83. The van der Waals surface area contributed by atoms with Gasteiger partial charge in [-0.1, -0.05) is 26.0 Å². The fourth-order valence-electron chi connectivity index (χ4n) is 1.89. The highest BCUT2D eigenvalue weighted by Gasteiger charge is 2.23. The molecular formula is C16H23FN2. The molecule has 0 saturated heterocycles. The number of halogens is 1. The second-order valence-electron chi connectivity index (χ2n) is 6.45. The Morgan fingerprint density at radius 3 is 2.37 bits per heavy atom. The van der Waals surface area contributed by atoms with Crippen molar-refractivity contribution < 1.29 is 4.39 Å². The summed E-state index contributed by atoms with van der Waals surface area (Å²) in [7, 11) is 0. The molecule has 0 unspecified atom stereocenters. The summed E-state index contributed by atoms with van der Waals surface area (Å²) in [5.41, 5.74) is 1.32. The number of nitrogens with zero attached hydrogens (tertiary/aromatic N) is 1. The summed E-state index contributed by atoms with van der Waals surface area (Å²) in [6.07, 6.45) is 0. The van der Waals surface area contributed by atoms with E-state index in [9.17, 15) is 4.39 Å². The van der Waals surface area contributed by atoms with Gasteiger partial charge in [0.2, 0.25) is 0 Å².